The van der Waals surface area contributed by atoms with Gasteiger partial charge in [-0.1, -0.05) is 26.0 Å². The molecule has 26 heavy (non-hydrogen) atoms. The predicted octanol–water partition coefficient (Wildman–Crippen LogP) is 1.46. The molecule has 1 heterocycles. The van der Waals surface area contributed by atoms with Crippen LogP contribution in [0.2, 0.25) is 0 Å². The molecule has 2 rings (SSSR count). The van der Waals surface area contributed by atoms with Gasteiger partial charge in [-0.15, -0.1) is 0 Å². The summed E-state index contributed by atoms with van der Waals surface area (Å²) >= 11 is 0. The van der Waals surface area contributed by atoms with E-state index in [2.05, 4.69) is 13.8 Å². The molecule has 0 unspecified atom stereocenters. The van der Waals surface area contributed by atoms with Crippen molar-refractivity contribution in [2.45, 2.75) is 32.6 Å². The summed E-state index contributed by atoms with van der Waals surface area (Å²) in [6.45, 7) is 4.39. The summed E-state index contributed by atoms with van der Waals surface area (Å²) in [6.07, 6.45) is 1.39. The topological polar surface area (TPSA) is 98.9 Å². The van der Waals surface area contributed by atoms with E-state index in [4.69, 9.17) is 15.2 Å². The van der Waals surface area contributed by atoms with Crippen LogP contribution in [-0.4, -0.2) is 49.0 Å². The maximum Gasteiger partial charge on any atom is 0.344 e. The van der Waals surface area contributed by atoms with E-state index in [1.165, 1.54) is 10.5 Å². The molecule has 1 atom stereocenters. The van der Waals surface area contributed by atoms with Crippen molar-refractivity contribution in [2.24, 2.45) is 11.7 Å². The number of esters is 1. The Bertz CT molecular complexity index is 642. The van der Waals surface area contributed by atoms with Gasteiger partial charge in [0.2, 0.25) is 5.91 Å². The number of likely N-dealkylation sites (tertiary alicyclic amines) is 1. The standard InChI is InChI=1S/C19H26N2O5/c1-13(2)14-5-7-16(8-6-14)25-12-18(23)26-11-17(22)21-9-3-4-15(10-21)19(20)24/h5-8,13,15H,3-4,9-12H2,1-2H3,(H2,20,24)/t15-/m1/s1. The summed E-state index contributed by atoms with van der Waals surface area (Å²) in [5, 5.41) is 0. The molecule has 1 aromatic carbocycles. The van der Waals surface area contributed by atoms with Crippen molar-refractivity contribution in [3.8, 4) is 5.75 Å². The van der Waals surface area contributed by atoms with Crippen LogP contribution >= 0.6 is 0 Å². The summed E-state index contributed by atoms with van der Waals surface area (Å²) in [7, 11) is 0. The summed E-state index contributed by atoms with van der Waals surface area (Å²) < 4.78 is 10.3. The van der Waals surface area contributed by atoms with Crippen molar-refractivity contribution < 1.29 is 23.9 Å². The van der Waals surface area contributed by atoms with Gasteiger partial charge in [-0.2, -0.15) is 0 Å². The summed E-state index contributed by atoms with van der Waals surface area (Å²) in [4.78, 5) is 36.6. The highest BCUT2D eigenvalue weighted by molar-refractivity contribution is 5.82. The van der Waals surface area contributed by atoms with Crippen LogP contribution in [0.5, 0.6) is 5.75 Å². The first-order chi connectivity index (χ1) is 12.4. The van der Waals surface area contributed by atoms with E-state index in [1.54, 1.807) is 12.1 Å². The van der Waals surface area contributed by atoms with Gasteiger partial charge in [0.1, 0.15) is 5.75 Å². The number of ether oxygens (including phenoxy) is 2. The van der Waals surface area contributed by atoms with Gasteiger partial charge < -0.3 is 20.1 Å². The van der Waals surface area contributed by atoms with Crippen LogP contribution in [0.25, 0.3) is 0 Å². The molecule has 1 aliphatic heterocycles. The minimum atomic E-state index is -0.616. The third-order valence-electron chi connectivity index (χ3n) is 4.44. The Morgan fingerprint density at radius 2 is 1.88 bits per heavy atom. The second kappa shape index (κ2) is 9.22. The van der Waals surface area contributed by atoms with E-state index in [9.17, 15) is 14.4 Å². The Balaban J connectivity index is 1.72. The molecule has 0 saturated carbocycles. The average molecular weight is 362 g/mol. The molecule has 1 aromatic rings. The fourth-order valence-electron chi connectivity index (χ4n) is 2.80. The van der Waals surface area contributed by atoms with Gasteiger partial charge in [-0.3, -0.25) is 9.59 Å². The summed E-state index contributed by atoms with van der Waals surface area (Å²) in [5.41, 5.74) is 6.48. The highest BCUT2D eigenvalue weighted by Gasteiger charge is 2.27. The maximum absolute atomic E-state index is 12.1. The van der Waals surface area contributed by atoms with Gasteiger partial charge in [0.05, 0.1) is 5.92 Å². The quantitative estimate of drug-likeness (QED) is 0.740. The molecule has 2 N–H and O–H groups in total. The first-order valence-corrected chi connectivity index (χ1v) is 8.82. The zero-order valence-electron chi connectivity index (χ0n) is 15.3. The number of hydrogen-bond acceptors (Lipinski definition) is 5. The van der Waals surface area contributed by atoms with Crippen LogP contribution in [0.1, 0.15) is 38.2 Å². The summed E-state index contributed by atoms with van der Waals surface area (Å²) in [6, 6.07) is 7.48. The molecule has 0 spiro atoms. The number of rotatable bonds is 7. The number of amides is 2. The first-order valence-electron chi connectivity index (χ1n) is 8.82. The van der Waals surface area contributed by atoms with Crippen molar-refractivity contribution in [3.05, 3.63) is 29.8 Å². The number of carbonyl (C=O) groups excluding carboxylic acids is 3. The van der Waals surface area contributed by atoms with Gasteiger partial charge >= 0.3 is 5.97 Å². The number of carbonyl (C=O) groups is 3. The lowest BCUT2D eigenvalue weighted by Gasteiger charge is -2.31. The average Bonchev–Trinajstić information content (AvgIpc) is 2.64. The van der Waals surface area contributed by atoms with E-state index in [1.807, 2.05) is 12.1 Å². The summed E-state index contributed by atoms with van der Waals surface area (Å²) in [5.74, 6) is -0.695. The molecular formula is C19H26N2O5. The largest absolute Gasteiger partial charge is 0.482 e. The third-order valence-corrected chi connectivity index (χ3v) is 4.44. The molecule has 0 aromatic heterocycles. The van der Waals surface area contributed by atoms with Crippen LogP contribution < -0.4 is 10.5 Å². The van der Waals surface area contributed by atoms with Crippen molar-refractivity contribution in [1.29, 1.82) is 0 Å². The Labute approximate surface area is 153 Å². The molecule has 7 heteroatoms. The van der Waals surface area contributed by atoms with Crippen LogP contribution in [0, 0.1) is 5.92 Å². The molecule has 1 aliphatic rings. The van der Waals surface area contributed by atoms with E-state index in [0.717, 1.165) is 0 Å². The minimum absolute atomic E-state index is 0.266. The zero-order valence-corrected chi connectivity index (χ0v) is 15.3. The molecular weight excluding hydrogens is 336 g/mol. The van der Waals surface area contributed by atoms with Crippen molar-refractivity contribution in [1.82, 2.24) is 4.90 Å². The molecule has 0 bridgehead atoms. The molecule has 7 nitrogen and oxygen atoms in total. The number of nitrogens with two attached hydrogens (primary N) is 1. The normalized spacial score (nSPS) is 17.0. The minimum Gasteiger partial charge on any atom is -0.482 e. The van der Waals surface area contributed by atoms with E-state index < -0.39 is 11.9 Å². The highest BCUT2D eigenvalue weighted by atomic mass is 16.6. The van der Waals surface area contributed by atoms with Crippen LogP contribution in [0.4, 0.5) is 0 Å². The first kappa shape index (κ1) is 19.8. The number of benzene rings is 1. The zero-order chi connectivity index (χ0) is 19.1. The molecule has 1 fully saturated rings. The van der Waals surface area contributed by atoms with Gasteiger partial charge in [0.25, 0.3) is 5.91 Å². The lowest BCUT2D eigenvalue weighted by Crippen LogP contribution is -2.45. The van der Waals surface area contributed by atoms with Gasteiger partial charge in [-0.05, 0) is 36.5 Å². The smallest absolute Gasteiger partial charge is 0.344 e. The van der Waals surface area contributed by atoms with E-state index in [-0.39, 0.29) is 31.6 Å². The lowest BCUT2D eigenvalue weighted by atomic mass is 9.97. The third kappa shape index (κ3) is 5.75. The van der Waals surface area contributed by atoms with Crippen molar-refractivity contribution in [2.75, 3.05) is 26.3 Å². The van der Waals surface area contributed by atoms with Crippen LogP contribution in [-0.2, 0) is 19.1 Å². The SMILES string of the molecule is CC(C)c1ccc(OCC(=O)OCC(=O)N2CCC[C@@H](C(N)=O)C2)cc1. The Kier molecular flexibility index (Phi) is 7.00. The molecule has 142 valence electrons. The van der Waals surface area contributed by atoms with Crippen LogP contribution in [0.3, 0.4) is 0 Å². The fourth-order valence-corrected chi connectivity index (χ4v) is 2.80. The number of hydrogen-bond donors (Lipinski definition) is 1. The Morgan fingerprint density at radius 3 is 2.50 bits per heavy atom. The Hall–Kier alpha value is -2.57. The monoisotopic (exact) mass is 362 g/mol. The number of primary amides is 1. The highest BCUT2D eigenvalue weighted by Crippen LogP contribution is 2.18. The predicted molar refractivity (Wildman–Crippen MR) is 95.5 cm³/mol. The van der Waals surface area contributed by atoms with Crippen molar-refractivity contribution >= 4 is 17.8 Å². The van der Waals surface area contributed by atoms with Gasteiger partial charge in [-0.25, -0.2) is 4.79 Å². The van der Waals surface area contributed by atoms with Gasteiger partial charge in [0.15, 0.2) is 13.2 Å². The second-order valence-corrected chi connectivity index (χ2v) is 6.75. The molecule has 0 aliphatic carbocycles. The molecule has 1 saturated heterocycles. The number of piperidine rings is 1. The van der Waals surface area contributed by atoms with E-state index in [0.29, 0.717) is 31.1 Å². The number of nitrogens with zero attached hydrogens (tertiary/aromatic N) is 1. The van der Waals surface area contributed by atoms with E-state index >= 15 is 0 Å². The molecule has 0 radical (unpaired) electrons. The van der Waals surface area contributed by atoms with Crippen LogP contribution in [0.15, 0.2) is 24.3 Å². The van der Waals surface area contributed by atoms with Crippen molar-refractivity contribution in [3.63, 3.8) is 0 Å². The maximum atomic E-state index is 12.1. The lowest BCUT2D eigenvalue weighted by molar-refractivity contribution is -0.154. The fraction of sp³-hybridized carbons (Fsp3) is 0.526. The molecule has 2 amide bonds. The second-order valence-electron chi connectivity index (χ2n) is 6.75. The Morgan fingerprint density at radius 1 is 1.19 bits per heavy atom. The van der Waals surface area contributed by atoms with Gasteiger partial charge in [0, 0.05) is 13.1 Å².